The van der Waals surface area contributed by atoms with Crippen molar-refractivity contribution in [2.45, 2.75) is 0 Å². The molecule has 1 N–H and O–H groups in total. The Hall–Kier alpha value is -2.47. The number of hydrogen-bond donors (Lipinski definition) is 1. The van der Waals surface area contributed by atoms with Crippen molar-refractivity contribution in [3.05, 3.63) is 64.2 Å². The first-order chi connectivity index (χ1) is 10.4. The summed E-state index contributed by atoms with van der Waals surface area (Å²) in [6, 6.07) is 7.08. The second kappa shape index (κ2) is 6.53. The lowest BCUT2D eigenvalue weighted by Gasteiger charge is -2.09. The van der Waals surface area contributed by atoms with Gasteiger partial charge in [0.25, 0.3) is 5.91 Å². The number of rotatable bonds is 3. The summed E-state index contributed by atoms with van der Waals surface area (Å²) in [5.74, 6) is -3.55. The summed E-state index contributed by atoms with van der Waals surface area (Å²) < 4.78 is 31.6. The predicted molar refractivity (Wildman–Crippen MR) is 77.1 cm³/mol. The summed E-state index contributed by atoms with van der Waals surface area (Å²) in [6.45, 7) is 0. The highest BCUT2D eigenvalue weighted by Crippen LogP contribution is 2.24. The van der Waals surface area contributed by atoms with Crippen LogP contribution in [0.5, 0.6) is 0 Å². The number of nitrogens with one attached hydrogen (secondary N) is 1. The van der Waals surface area contributed by atoms with Crippen LogP contribution in [-0.4, -0.2) is 19.0 Å². The van der Waals surface area contributed by atoms with Gasteiger partial charge in [-0.2, -0.15) is 0 Å². The minimum Gasteiger partial charge on any atom is -0.465 e. The maximum Gasteiger partial charge on any atom is 0.337 e. The SMILES string of the molecule is COC(=O)c1ccc(NC(=O)c2c(F)cccc2F)c(Cl)c1. The molecule has 0 saturated carbocycles. The summed E-state index contributed by atoms with van der Waals surface area (Å²) in [5.41, 5.74) is -0.417. The van der Waals surface area contributed by atoms with Gasteiger partial charge < -0.3 is 10.1 Å². The van der Waals surface area contributed by atoms with Crippen molar-refractivity contribution in [2.75, 3.05) is 12.4 Å². The monoisotopic (exact) mass is 325 g/mol. The van der Waals surface area contributed by atoms with E-state index in [0.717, 1.165) is 18.2 Å². The summed E-state index contributed by atoms with van der Waals surface area (Å²) >= 11 is 5.93. The zero-order valence-electron chi connectivity index (χ0n) is 11.3. The van der Waals surface area contributed by atoms with Gasteiger partial charge in [0.05, 0.1) is 23.4 Å². The Bertz CT molecular complexity index is 729. The van der Waals surface area contributed by atoms with Crippen LogP contribution in [0.3, 0.4) is 0 Å². The largest absolute Gasteiger partial charge is 0.465 e. The van der Waals surface area contributed by atoms with E-state index >= 15 is 0 Å². The molecule has 4 nitrogen and oxygen atoms in total. The van der Waals surface area contributed by atoms with Crippen molar-refractivity contribution < 1.29 is 23.1 Å². The standard InChI is InChI=1S/C15H10ClF2NO3/c1-22-15(21)8-5-6-12(9(16)7-8)19-14(20)13-10(17)3-2-4-11(13)18/h2-7H,1H3,(H,19,20). The molecule has 0 bridgehead atoms. The van der Waals surface area contributed by atoms with Gasteiger partial charge in [-0.3, -0.25) is 4.79 Å². The van der Waals surface area contributed by atoms with Crippen LogP contribution >= 0.6 is 11.6 Å². The van der Waals surface area contributed by atoms with Gasteiger partial charge >= 0.3 is 5.97 Å². The molecule has 0 aliphatic carbocycles. The fourth-order valence-electron chi connectivity index (χ4n) is 1.76. The third-order valence-electron chi connectivity index (χ3n) is 2.83. The molecule has 2 aromatic carbocycles. The van der Waals surface area contributed by atoms with E-state index in [9.17, 15) is 18.4 Å². The van der Waals surface area contributed by atoms with Crippen LogP contribution in [0.2, 0.25) is 5.02 Å². The summed E-state index contributed by atoms with van der Waals surface area (Å²) in [7, 11) is 1.22. The Balaban J connectivity index is 2.28. The van der Waals surface area contributed by atoms with Crippen molar-refractivity contribution in [3.63, 3.8) is 0 Å². The van der Waals surface area contributed by atoms with Crippen LogP contribution in [0.1, 0.15) is 20.7 Å². The first-order valence-corrected chi connectivity index (χ1v) is 6.45. The number of amides is 1. The lowest BCUT2D eigenvalue weighted by Crippen LogP contribution is -2.16. The number of esters is 1. The van der Waals surface area contributed by atoms with Crippen LogP contribution in [-0.2, 0) is 4.74 Å². The van der Waals surface area contributed by atoms with E-state index < -0.39 is 29.1 Å². The minimum absolute atomic E-state index is 0.0352. The number of ether oxygens (including phenoxy) is 1. The zero-order chi connectivity index (χ0) is 16.3. The van der Waals surface area contributed by atoms with Crippen LogP contribution in [0, 0.1) is 11.6 Å². The molecule has 0 aliphatic heterocycles. The second-order valence-corrected chi connectivity index (χ2v) is 4.64. The molecule has 22 heavy (non-hydrogen) atoms. The van der Waals surface area contributed by atoms with Crippen molar-refractivity contribution in [2.24, 2.45) is 0 Å². The molecule has 0 atom stereocenters. The number of carbonyl (C=O) groups is 2. The molecule has 7 heteroatoms. The molecule has 1 amide bonds. The third kappa shape index (κ3) is 3.23. The first-order valence-electron chi connectivity index (χ1n) is 6.07. The van der Waals surface area contributed by atoms with E-state index in [1.54, 1.807) is 0 Å². The van der Waals surface area contributed by atoms with Crippen LogP contribution in [0.4, 0.5) is 14.5 Å². The molecular formula is C15H10ClF2NO3. The van der Waals surface area contributed by atoms with Gasteiger partial charge in [0.1, 0.15) is 17.2 Å². The molecular weight excluding hydrogens is 316 g/mol. The van der Waals surface area contributed by atoms with E-state index in [4.69, 9.17) is 11.6 Å². The molecule has 0 radical (unpaired) electrons. The van der Waals surface area contributed by atoms with Crippen LogP contribution in [0.25, 0.3) is 0 Å². The molecule has 0 fully saturated rings. The van der Waals surface area contributed by atoms with Crippen molar-refractivity contribution in [1.82, 2.24) is 0 Å². The maximum atomic E-state index is 13.5. The Morgan fingerprint density at radius 2 is 1.77 bits per heavy atom. The lowest BCUT2D eigenvalue weighted by molar-refractivity contribution is 0.0600. The van der Waals surface area contributed by atoms with Crippen LogP contribution in [0.15, 0.2) is 36.4 Å². The zero-order valence-corrected chi connectivity index (χ0v) is 12.1. The highest BCUT2D eigenvalue weighted by molar-refractivity contribution is 6.34. The highest BCUT2D eigenvalue weighted by atomic mass is 35.5. The van der Waals surface area contributed by atoms with Crippen LogP contribution < -0.4 is 5.32 Å². The van der Waals surface area contributed by atoms with E-state index in [1.807, 2.05) is 0 Å². The molecule has 2 aromatic rings. The molecule has 114 valence electrons. The van der Waals surface area contributed by atoms with Crippen molar-refractivity contribution in [3.8, 4) is 0 Å². The second-order valence-electron chi connectivity index (χ2n) is 4.24. The van der Waals surface area contributed by atoms with Gasteiger partial charge in [-0.1, -0.05) is 17.7 Å². The van der Waals surface area contributed by atoms with E-state index in [-0.39, 0.29) is 16.3 Å². The quantitative estimate of drug-likeness (QED) is 0.876. The number of halogens is 3. The topological polar surface area (TPSA) is 55.4 Å². The minimum atomic E-state index is -0.986. The van der Waals surface area contributed by atoms with E-state index in [2.05, 4.69) is 10.1 Å². The summed E-state index contributed by atoms with van der Waals surface area (Å²) in [6.07, 6.45) is 0. The molecule has 0 spiro atoms. The summed E-state index contributed by atoms with van der Waals surface area (Å²) in [4.78, 5) is 23.3. The Labute approximate surface area is 129 Å². The van der Waals surface area contributed by atoms with Gasteiger partial charge in [-0.15, -0.1) is 0 Å². The number of anilines is 1. The predicted octanol–water partition coefficient (Wildman–Crippen LogP) is 3.66. The van der Waals surface area contributed by atoms with Crippen molar-refractivity contribution in [1.29, 1.82) is 0 Å². The number of benzene rings is 2. The first kappa shape index (κ1) is 15.9. The van der Waals surface area contributed by atoms with E-state index in [1.165, 1.54) is 25.3 Å². The molecule has 0 aliphatic rings. The van der Waals surface area contributed by atoms with Gasteiger partial charge in [0, 0.05) is 0 Å². The normalized spacial score (nSPS) is 10.2. The molecule has 0 unspecified atom stereocenters. The van der Waals surface area contributed by atoms with Crippen molar-refractivity contribution >= 4 is 29.2 Å². The third-order valence-corrected chi connectivity index (χ3v) is 3.14. The number of hydrogen-bond acceptors (Lipinski definition) is 3. The Morgan fingerprint density at radius 1 is 1.14 bits per heavy atom. The summed E-state index contributed by atoms with van der Waals surface area (Å²) in [5, 5.41) is 2.32. The fraction of sp³-hybridized carbons (Fsp3) is 0.0667. The lowest BCUT2D eigenvalue weighted by atomic mass is 10.1. The fourth-order valence-corrected chi connectivity index (χ4v) is 1.99. The Morgan fingerprint density at radius 3 is 2.32 bits per heavy atom. The molecule has 0 heterocycles. The van der Waals surface area contributed by atoms with E-state index in [0.29, 0.717) is 0 Å². The number of carbonyl (C=O) groups excluding carboxylic acids is 2. The van der Waals surface area contributed by atoms with Gasteiger partial charge in [-0.05, 0) is 30.3 Å². The average molecular weight is 326 g/mol. The molecule has 0 saturated heterocycles. The van der Waals surface area contributed by atoms with Gasteiger partial charge in [0.15, 0.2) is 0 Å². The smallest absolute Gasteiger partial charge is 0.337 e. The van der Waals surface area contributed by atoms with Gasteiger partial charge in [0.2, 0.25) is 0 Å². The Kier molecular flexibility index (Phi) is 4.72. The molecule has 2 rings (SSSR count). The number of methoxy groups -OCH3 is 1. The maximum absolute atomic E-state index is 13.5. The highest BCUT2D eigenvalue weighted by Gasteiger charge is 2.18. The van der Waals surface area contributed by atoms with Gasteiger partial charge in [-0.25, -0.2) is 13.6 Å². The average Bonchev–Trinajstić information content (AvgIpc) is 2.48. The molecule has 0 aromatic heterocycles.